The topological polar surface area (TPSA) is 63.3 Å². The molecule has 1 N–H and O–H groups in total. The van der Waals surface area contributed by atoms with E-state index in [0.29, 0.717) is 24.3 Å². The lowest BCUT2D eigenvalue weighted by atomic mass is 10.4. The minimum absolute atomic E-state index is 0.486. The summed E-state index contributed by atoms with van der Waals surface area (Å²) in [5.74, 6) is 2.29. The molecule has 1 aliphatic heterocycles. The minimum atomic E-state index is 0.486. The fraction of sp³-hybridized carbons (Fsp3) is 0.625. The van der Waals surface area contributed by atoms with Crippen LogP contribution in [0.5, 0.6) is 0 Å². The third kappa shape index (κ3) is 2.25. The Hall–Kier alpha value is -1.04. The lowest BCUT2D eigenvalue weighted by molar-refractivity contribution is 0.387. The van der Waals surface area contributed by atoms with Crippen LogP contribution in [0, 0.1) is 6.92 Å². The van der Waals surface area contributed by atoms with Crippen molar-refractivity contribution in [3.63, 3.8) is 0 Å². The molecule has 0 spiro atoms. The van der Waals surface area contributed by atoms with Gasteiger partial charge in [-0.1, -0.05) is 16.9 Å². The molecule has 0 radical (unpaired) electrons. The molecule has 0 aromatic carbocycles. The van der Waals surface area contributed by atoms with Gasteiger partial charge in [0.25, 0.3) is 0 Å². The van der Waals surface area contributed by atoms with Crippen LogP contribution >= 0.6 is 11.8 Å². The Labute approximate surface area is 86.4 Å². The predicted octanol–water partition coefficient (Wildman–Crippen LogP) is 0.959. The number of amidine groups is 1. The van der Waals surface area contributed by atoms with Gasteiger partial charge in [-0.05, 0) is 6.92 Å². The van der Waals surface area contributed by atoms with E-state index in [9.17, 15) is 0 Å². The van der Waals surface area contributed by atoms with E-state index in [1.807, 2.05) is 0 Å². The van der Waals surface area contributed by atoms with Gasteiger partial charge in [-0.25, -0.2) is 0 Å². The Kier molecular flexibility index (Phi) is 2.72. The Bertz CT molecular complexity index is 349. The van der Waals surface area contributed by atoms with Crippen LogP contribution < -0.4 is 5.32 Å². The second kappa shape index (κ2) is 4.00. The van der Waals surface area contributed by atoms with Gasteiger partial charge in [0, 0.05) is 18.7 Å². The van der Waals surface area contributed by atoms with E-state index in [4.69, 9.17) is 4.52 Å². The molecule has 1 aromatic heterocycles. The maximum absolute atomic E-state index is 4.84. The summed E-state index contributed by atoms with van der Waals surface area (Å²) in [5.41, 5.74) is 0. The summed E-state index contributed by atoms with van der Waals surface area (Å²) in [5, 5.41) is 8.00. The first kappa shape index (κ1) is 9.51. The number of aryl methyl sites for hydroxylation is 1. The van der Waals surface area contributed by atoms with Crippen molar-refractivity contribution in [2.75, 3.05) is 5.75 Å². The summed E-state index contributed by atoms with van der Waals surface area (Å²) in [6.07, 6.45) is 0. The highest BCUT2D eigenvalue weighted by atomic mass is 32.2. The second-order valence-electron chi connectivity index (χ2n) is 3.21. The highest BCUT2D eigenvalue weighted by Gasteiger charge is 2.15. The van der Waals surface area contributed by atoms with Gasteiger partial charge in [0.1, 0.15) is 6.54 Å². The average Bonchev–Trinajstić information content (AvgIpc) is 2.72. The first-order valence-electron chi connectivity index (χ1n) is 4.47. The molecular weight excluding hydrogens is 200 g/mol. The van der Waals surface area contributed by atoms with E-state index in [-0.39, 0.29) is 0 Å². The predicted molar refractivity (Wildman–Crippen MR) is 55.2 cm³/mol. The van der Waals surface area contributed by atoms with Crippen LogP contribution in [0.1, 0.15) is 18.6 Å². The van der Waals surface area contributed by atoms with E-state index in [1.165, 1.54) is 0 Å². The molecule has 0 amide bonds. The van der Waals surface area contributed by atoms with Gasteiger partial charge in [0.15, 0.2) is 11.0 Å². The van der Waals surface area contributed by atoms with Gasteiger partial charge < -0.3 is 9.84 Å². The van der Waals surface area contributed by atoms with Crippen LogP contribution in [-0.4, -0.2) is 27.1 Å². The summed E-state index contributed by atoms with van der Waals surface area (Å²) in [4.78, 5) is 8.41. The Morgan fingerprint density at radius 3 is 3.14 bits per heavy atom. The summed E-state index contributed by atoms with van der Waals surface area (Å²) >= 11 is 1.73. The Balaban J connectivity index is 1.93. The Morgan fingerprint density at radius 2 is 2.57 bits per heavy atom. The maximum Gasteiger partial charge on any atom is 0.223 e. The highest BCUT2D eigenvalue weighted by molar-refractivity contribution is 8.14. The summed E-state index contributed by atoms with van der Waals surface area (Å²) in [6, 6.07) is 0.505. The number of thioether (sulfide) groups is 1. The van der Waals surface area contributed by atoms with Crippen LogP contribution in [0.25, 0.3) is 0 Å². The zero-order valence-corrected chi connectivity index (χ0v) is 8.97. The van der Waals surface area contributed by atoms with Crippen LogP contribution in [0.4, 0.5) is 0 Å². The lowest BCUT2D eigenvalue weighted by Crippen LogP contribution is -2.23. The normalized spacial score (nSPS) is 24.1. The van der Waals surface area contributed by atoms with Crippen LogP contribution in [0.2, 0.25) is 0 Å². The number of nitrogens with zero attached hydrogens (tertiary/aromatic N) is 3. The molecule has 1 aliphatic rings. The number of rotatable bonds is 2. The summed E-state index contributed by atoms with van der Waals surface area (Å²) in [7, 11) is 0. The molecule has 1 unspecified atom stereocenters. The molecule has 76 valence electrons. The molecular formula is C8H12N4OS. The molecule has 1 fully saturated rings. The maximum atomic E-state index is 4.84. The fourth-order valence-electron chi connectivity index (χ4n) is 1.14. The lowest BCUT2D eigenvalue weighted by Gasteiger charge is -1.99. The average molecular weight is 212 g/mol. The molecule has 2 heterocycles. The third-order valence-electron chi connectivity index (χ3n) is 1.77. The van der Waals surface area contributed by atoms with Crippen molar-refractivity contribution < 1.29 is 4.52 Å². The van der Waals surface area contributed by atoms with Crippen LogP contribution in [0.15, 0.2) is 9.52 Å². The molecule has 14 heavy (non-hydrogen) atoms. The van der Waals surface area contributed by atoms with Crippen molar-refractivity contribution in [1.29, 1.82) is 0 Å². The van der Waals surface area contributed by atoms with Crippen molar-refractivity contribution in [2.24, 2.45) is 4.99 Å². The van der Waals surface area contributed by atoms with Gasteiger partial charge >= 0.3 is 0 Å². The zero-order valence-electron chi connectivity index (χ0n) is 8.15. The number of aliphatic imine (C=N–C) groups is 1. The van der Waals surface area contributed by atoms with Gasteiger partial charge in [-0.2, -0.15) is 4.98 Å². The van der Waals surface area contributed by atoms with Crippen molar-refractivity contribution >= 4 is 16.9 Å². The van der Waals surface area contributed by atoms with Gasteiger partial charge in [0.05, 0.1) is 0 Å². The minimum Gasteiger partial charge on any atom is -0.362 e. The van der Waals surface area contributed by atoms with E-state index in [1.54, 1.807) is 18.7 Å². The number of aromatic nitrogens is 2. The van der Waals surface area contributed by atoms with E-state index in [0.717, 1.165) is 10.9 Å². The molecule has 2 rings (SSSR count). The standard InChI is InChI=1S/C8H12N4OS/c1-5-4-14-8(10-5)9-3-7-11-6(2)13-12-7/h5H,3-4H2,1-2H3,(H,9,10). The molecule has 0 aliphatic carbocycles. The third-order valence-corrected chi connectivity index (χ3v) is 2.96. The number of nitrogens with one attached hydrogen (secondary N) is 1. The molecule has 1 atom stereocenters. The SMILES string of the molecule is Cc1nc(CN=C2NC(C)CS2)no1. The quantitative estimate of drug-likeness (QED) is 0.791. The van der Waals surface area contributed by atoms with Crippen LogP contribution in [-0.2, 0) is 6.54 Å². The monoisotopic (exact) mass is 212 g/mol. The first-order chi connectivity index (χ1) is 6.74. The highest BCUT2D eigenvalue weighted by Crippen LogP contribution is 2.13. The smallest absolute Gasteiger partial charge is 0.223 e. The molecule has 1 saturated heterocycles. The van der Waals surface area contributed by atoms with Crippen molar-refractivity contribution in [3.05, 3.63) is 11.7 Å². The summed E-state index contributed by atoms with van der Waals surface area (Å²) in [6.45, 7) is 4.39. The molecule has 0 saturated carbocycles. The van der Waals surface area contributed by atoms with Gasteiger partial charge in [-0.15, -0.1) is 0 Å². The molecule has 6 heteroatoms. The molecule has 0 bridgehead atoms. The van der Waals surface area contributed by atoms with Crippen molar-refractivity contribution in [3.8, 4) is 0 Å². The van der Waals surface area contributed by atoms with Crippen molar-refractivity contribution in [1.82, 2.24) is 15.5 Å². The largest absolute Gasteiger partial charge is 0.362 e. The number of hydrogen-bond donors (Lipinski definition) is 1. The van der Waals surface area contributed by atoms with E-state index < -0.39 is 0 Å². The van der Waals surface area contributed by atoms with Crippen LogP contribution in [0.3, 0.4) is 0 Å². The second-order valence-corrected chi connectivity index (χ2v) is 4.22. The van der Waals surface area contributed by atoms with E-state index in [2.05, 4.69) is 27.4 Å². The van der Waals surface area contributed by atoms with E-state index >= 15 is 0 Å². The van der Waals surface area contributed by atoms with Gasteiger partial charge in [-0.3, -0.25) is 4.99 Å². The Morgan fingerprint density at radius 1 is 1.71 bits per heavy atom. The van der Waals surface area contributed by atoms with Crippen molar-refractivity contribution in [2.45, 2.75) is 26.4 Å². The zero-order chi connectivity index (χ0) is 9.97. The summed E-state index contributed by atoms with van der Waals surface area (Å²) < 4.78 is 4.84. The molecule has 5 nitrogen and oxygen atoms in total. The fourth-order valence-corrected chi connectivity index (χ4v) is 2.07. The molecule has 1 aromatic rings. The first-order valence-corrected chi connectivity index (χ1v) is 5.45. The van der Waals surface area contributed by atoms with Gasteiger partial charge in [0.2, 0.25) is 5.89 Å². The number of hydrogen-bond acceptors (Lipinski definition) is 5.